The lowest BCUT2D eigenvalue weighted by Gasteiger charge is -1.81. The molecule has 0 spiro atoms. The molecule has 0 unspecified atom stereocenters. The van der Waals surface area contributed by atoms with E-state index in [1.807, 2.05) is 6.08 Å². The summed E-state index contributed by atoms with van der Waals surface area (Å²) in [6.45, 7) is 5.78. The Bertz CT molecular complexity index is 163. The third-order valence-corrected chi connectivity index (χ3v) is 0.762. The predicted octanol–water partition coefficient (Wildman–Crippen LogP) is 1.71. The number of rotatable bonds is 3. The van der Waals surface area contributed by atoms with Crippen LogP contribution in [0, 0.1) is 0 Å². The highest BCUT2D eigenvalue weighted by Gasteiger charge is 1.84. The topological polar surface area (TPSA) is 74.6 Å². The van der Waals surface area contributed by atoms with Gasteiger partial charge in [-0.05, 0) is 6.42 Å². The highest BCUT2D eigenvalue weighted by atomic mass is 32.3. The first-order valence-electron chi connectivity index (χ1n) is 3.22. The molecule has 0 atom stereocenters. The Morgan fingerprint density at radius 2 is 1.82 bits per heavy atom. The van der Waals surface area contributed by atoms with Gasteiger partial charge in [0.05, 0.1) is 0 Å². The minimum Gasteiger partial charge on any atom is -0.264 e. The monoisotopic (exact) mass is 182 g/mol. The van der Waals surface area contributed by atoms with Gasteiger partial charge in [-0.3, -0.25) is 9.11 Å². The Kier molecular flexibility index (Phi) is 9.27. The molecule has 0 rings (SSSR count). The summed E-state index contributed by atoms with van der Waals surface area (Å²) >= 11 is 0. The van der Waals surface area contributed by atoms with Gasteiger partial charge in [-0.25, -0.2) is 0 Å². The van der Waals surface area contributed by atoms with Crippen molar-refractivity contribution in [2.45, 2.75) is 26.2 Å². The molecule has 0 aliphatic carbocycles. The number of hydrogen-bond acceptors (Lipinski definition) is 2. The molecule has 0 saturated carbocycles. The third-order valence-electron chi connectivity index (χ3n) is 0.762. The zero-order valence-corrected chi connectivity index (χ0v) is 7.34. The standard InChI is InChI=1S/C6H12.H2O4S/c1-3-5-6-4-2;1-5(2,3)4/h3H,1,4-6H2,2H3;(H2,1,2,3,4). The summed E-state index contributed by atoms with van der Waals surface area (Å²) in [5.74, 6) is 0. The van der Waals surface area contributed by atoms with Crippen LogP contribution in [0.4, 0.5) is 0 Å². The fourth-order valence-electron chi connectivity index (χ4n) is 0.348. The molecule has 0 aromatic carbocycles. The lowest BCUT2D eigenvalue weighted by molar-refractivity contribution is 0.381. The van der Waals surface area contributed by atoms with E-state index in [-0.39, 0.29) is 0 Å². The summed E-state index contributed by atoms with van der Waals surface area (Å²) < 4.78 is 31.6. The highest BCUT2D eigenvalue weighted by Crippen LogP contribution is 1.91. The molecule has 0 amide bonds. The van der Waals surface area contributed by atoms with Crippen LogP contribution in [0.2, 0.25) is 0 Å². The molecule has 0 radical (unpaired) electrons. The van der Waals surface area contributed by atoms with E-state index in [1.165, 1.54) is 19.3 Å². The van der Waals surface area contributed by atoms with Crippen LogP contribution in [0.1, 0.15) is 26.2 Å². The fraction of sp³-hybridized carbons (Fsp3) is 0.667. The minimum atomic E-state index is -4.67. The summed E-state index contributed by atoms with van der Waals surface area (Å²) in [6, 6.07) is 0. The molecule has 0 saturated heterocycles. The van der Waals surface area contributed by atoms with Gasteiger partial charge >= 0.3 is 10.4 Å². The van der Waals surface area contributed by atoms with Crippen molar-refractivity contribution in [2.24, 2.45) is 0 Å². The molecular weight excluding hydrogens is 168 g/mol. The molecule has 68 valence electrons. The zero-order valence-electron chi connectivity index (χ0n) is 6.52. The molecule has 4 nitrogen and oxygen atoms in total. The van der Waals surface area contributed by atoms with Crippen LogP contribution in [0.15, 0.2) is 12.7 Å². The second-order valence-electron chi connectivity index (χ2n) is 1.88. The molecule has 0 heterocycles. The smallest absolute Gasteiger partial charge is 0.264 e. The van der Waals surface area contributed by atoms with Crippen molar-refractivity contribution in [1.29, 1.82) is 0 Å². The molecular formula is C6H14O4S. The van der Waals surface area contributed by atoms with Crippen LogP contribution < -0.4 is 0 Å². The van der Waals surface area contributed by atoms with E-state index in [0.717, 1.165) is 0 Å². The van der Waals surface area contributed by atoms with Crippen molar-refractivity contribution in [3.63, 3.8) is 0 Å². The summed E-state index contributed by atoms with van der Waals surface area (Å²) in [4.78, 5) is 0. The first-order chi connectivity index (χ1) is 4.91. The molecule has 0 aliphatic rings. The first-order valence-corrected chi connectivity index (χ1v) is 4.62. The van der Waals surface area contributed by atoms with E-state index in [0.29, 0.717) is 0 Å². The predicted molar refractivity (Wildman–Crippen MR) is 43.9 cm³/mol. The number of allylic oxidation sites excluding steroid dienone is 1. The Morgan fingerprint density at radius 1 is 1.45 bits per heavy atom. The lowest BCUT2D eigenvalue weighted by atomic mass is 10.3. The SMILES string of the molecule is C=CCCCC.O=S(=O)(O)O. The Hall–Kier alpha value is -0.390. The molecule has 5 heteroatoms. The van der Waals surface area contributed by atoms with Crippen molar-refractivity contribution in [3.05, 3.63) is 12.7 Å². The van der Waals surface area contributed by atoms with E-state index in [1.54, 1.807) is 0 Å². The molecule has 0 fully saturated rings. The molecule has 0 aliphatic heterocycles. The largest absolute Gasteiger partial charge is 0.394 e. The van der Waals surface area contributed by atoms with Crippen molar-refractivity contribution < 1.29 is 17.5 Å². The van der Waals surface area contributed by atoms with Crippen LogP contribution >= 0.6 is 0 Å². The van der Waals surface area contributed by atoms with E-state index >= 15 is 0 Å². The van der Waals surface area contributed by atoms with Crippen molar-refractivity contribution in [1.82, 2.24) is 0 Å². The van der Waals surface area contributed by atoms with Gasteiger partial charge < -0.3 is 0 Å². The van der Waals surface area contributed by atoms with Crippen LogP contribution in [0.25, 0.3) is 0 Å². The zero-order chi connectivity index (χ0) is 9.33. The molecule has 0 aromatic rings. The third kappa shape index (κ3) is 81.7. The number of hydrogen-bond donors (Lipinski definition) is 2. The minimum absolute atomic E-state index is 1.18. The maximum atomic E-state index is 8.74. The Balaban J connectivity index is 0. The molecule has 11 heavy (non-hydrogen) atoms. The highest BCUT2D eigenvalue weighted by molar-refractivity contribution is 7.79. The molecule has 2 N–H and O–H groups in total. The average Bonchev–Trinajstić information content (AvgIpc) is 1.79. The molecule has 0 bridgehead atoms. The van der Waals surface area contributed by atoms with Gasteiger partial charge in [-0.1, -0.05) is 25.8 Å². The van der Waals surface area contributed by atoms with Crippen LogP contribution in [0.3, 0.4) is 0 Å². The van der Waals surface area contributed by atoms with Gasteiger partial charge in [0.1, 0.15) is 0 Å². The van der Waals surface area contributed by atoms with E-state index in [2.05, 4.69) is 13.5 Å². The van der Waals surface area contributed by atoms with Gasteiger partial charge in [0.2, 0.25) is 0 Å². The van der Waals surface area contributed by atoms with Crippen LogP contribution in [0.5, 0.6) is 0 Å². The second kappa shape index (κ2) is 7.71. The van der Waals surface area contributed by atoms with E-state index in [9.17, 15) is 0 Å². The first kappa shape index (κ1) is 13.2. The normalized spacial score (nSPS) is 9.73. The van der Waals surface area contributed by atoms with E-state index in [4.69, 9.17) is 17.5 Å². The van der Waals surface area contributed by atoms with Gasteiger partial charge in [-0.15, -0.1) is 6.58 Å². The van der Waals surface area contributed by atoms with Gasteiger partial charge in [0, 0.05) is 0 Å². The summed E-state index contributed by atoms with van der Waals surface area (Å²) in [5, 5.41) is 0. The van der Waals surface area contributed by atoms with Crippen LogP contribution in [-0.2, 0) is 10.4 Å². The summed E-state index contributed by atoms with van der Waals surface area (Å²) in [5.41, 5.74) is 0. The van der Waals surface area contributed by atoms with E-state index < -0.39 is 10.4 Å². The van der Waals surface area contributed by atoms with Gasteiger partial charge in [0.25, 0.3) is 0 Å². The Labute approximate surface area is 67.5 Å². The van der Waals surface area contributed by atoms with Gasteiger partial charge in [-0.2, -0.15) is 8.42 Å². The van der Waals surface area contributed by atoms with Crippen LogP contribution in [-0.4, -0.2) is 17.5 Å². The average molecular weight is 182 g/mol. The summed E-state index contributed by atoms with van der Waals surface area (Å²) in [6.07, 6.45) is 5.72. The number of unbranched alkanes of at least 4 members (excludes halogenated alkanes) is 2. The van der Waals surface area contributed by atoms with Crippen molar-refractivity contribution in [2.75, 3.05) is 0 Å². The van der Waals surface area contributed by atoms with Crippen molar-refractivity contribution >= 4 is 10.4 Å². The molecule has 0 aromatic heterocycles. The Morgan fingerprint density at radius 3 is 1.91 bits per heavy atom. The van der Waals surface area contributed by atoms with Crippen molar-refractivity contribution in [3.8, 4) is 0 Å². The quantitative estimate of drug-likeness (QED) is 0.396. The lowest BCUT2D eigenvalue weighted by Crippen LogP contribution is -1.89. The summed E-state index contributed by atoms with van der Waals surface area (Å²) in [7, 11) is -4.67. The maximum Gasteiger partial charge on any atom is 0.394 e. The second-order valence-corrected chi connectivity index (χ2v) is 2.77. The van der Waals surface area contributed by atoms with Gasteiger partial charge in [0.15, 0.2) is 0 Å². The maximum absolute atomic E-state index is 8.74. The fourth-order valence-corrected chi connectivity index (χ4v) is 0.348.